The minimum atomic E-state index is -3.74. The molecule has 10 heteroatoms. The van der Waals surface area contributed by atoms with Gasteiger partial charge in [-0.15, -0.1) is 11.3 Å². The number of sulfonamides is 1. The number of aromatic nitrogens is 3. The van der Waals surface area contributed by atoms with Crippen LogP contribution in [0.15, 0.2) is 57.4 Å². The molecule has 0 aliphatic rings. The van der Waals surface area contributed by atoms with Gasteiger partial charge < -0.3 is 9.15 Å². The molecular formula is C22H24N4O4S2. The van der Waals surface area contributed by atoms with E-state index in [0.717, 1.165) is 22.0 Å². The molecule has 0 amide bonds. The molecule has 0 aliphatic carbocycles. The van der Waals surface area contributed by atoms with Gasteiger partial charge in [0.2, 0.25) is 10.0 Å². The van der Waals surface area contributed by atoms with Crippen molar-refractivity contribution in [1.82, 2.24) is 19.1 Å². The van der Waals surface area contributed by atoms with Gasteiger partial charge in [0.15, 0.2) is 0 Å². The van der Waals surface area contributed by atoms with Crippen LogP contribution in [0.5, 0.6) is 5.75 Å². The molecule has 168 valence electrons. The van der Waals surface area contributed by atoms with Crippen LogP contribution in [0.3, 0.4) is 0 Å². The molecule has 8 nitrogen and oxygen atoms in total. The summed E-state index contributed by atoms with van der Waals surface area (Å²) in [5.74, 6) is 1.35. The number of furan rings is 1. The summed E-state index contributed by atoms with van der Waals surface area (Å²) in [4.78, 5) is 4.93. The molecule has 4 aromatic rings. The third-order valence-corrected chi connectivity index (χ3v) is 8.12. The van der Waals surface area contributed by atoms with Gasteiger partial charge in [-0.1, -0.05) is 12.1 Å². The molecule has 0 radical (unpaired) electrons. The summed E-state index contributed by atoms with van der Waals surface area (Å²) in [6, 6.07) is 11.2. The van der Waals surface area contributed by atoms with Crippen molar-refractivity contribution in [2.24, 2.45) is 0 Å². The first kappa shape index (κ1) is 22.3. The van der Waals surface area contributed by atoms with Crippen LogP contribution in [-0.2, 0) is 23.1 Å². The van der Waals surface area contributed by atoms with E-state index in [1.807, 2.05) is 29.6 Å². The minimum Gasteiger partial charge on any atom is -0.497 e. The van der Waals surface area contributed by atoms with Crippen LogP contribution in [0, 0.1) is 13.8 Å². The molecule has 32 heavy (non-hydrogen) atoms. The summed E-state index contributed by atoms with van der Waals surface area (Å²) < 4.78 is 40.0. The zero-order valence-corrected chi connectivity index (χ0v) is 19.9. The molecule has 0 bridgehead atoms. The van der Waals surface area contributed by atoms with Gasteiger partial charge >= 0.3 is 0 Å². The van der Waals surface area contributed by atoms with E-state index < -0.39 is 10.0 Å². The van der Waals surface area contributed by atoms with Crippen molar-refractivity contribution in [1.29, 1.82) is 0 Å². The Morgan fingerprint density at radius 2 is 2.03 bits per heavy atom. The zero-order valence-electron chi connectivity index (χ0n) is 18.3. The van der Waals surface area contributed by atoms with Gasteiger partial charge in [-0.25, -0.2) is 13.4 Å². The van der Waals surface area contributed by atoms with Crippen LogP contribution in [0.1, 0.15) is 22.8 Å². The SMILES string of the molecule is COc1cccc(-c2nc(Cn3nc(C)c(S(=O)(=O)N(C)Cc4ccco4)c3C)cs2)c1. The first-order chi connectivity index (χ1) is 15.3. The van der Waals surface area contributed by atoms with Crippen molar-refractivity contribution >= 4 is 21.4 Å². The predicted molar refractivity (Wildman–Crippen MR) is 122 cm³/mol. The maximum atomic E-state index is 13.2. The molecule has 0 fully saturated rings. The Bertz CT molecular complexity index is 1320. The molecule has 0 N–H and O–H groups in total. The van der Waals surface area contributed by atoms with Crippen LogP contribution < -0.4 is 4.74 Å². The number of aryl methyl sites for hydroxylation is 1. The summed E-state index contributed by atoms with van der Waals surface area (Å²) in [7, 11) is -0.567. The second-order valence-electron chi connectivity index (χ2n) is 7.37. The number of ether oxygens (including phenoxy) is 1. The van der Waals surface area contributed by atoms with Crippen LogP contribution >= 0.6 is 11.3 Å². The Labute approximate surface area is 191 Å². The van der Waals surface area contributed by atoms with E-state index in [1.165, 1.54) is 29.0 Å². The van der Waals surface area contributed by atoms with Crippen LogP contribution in [0.4, 0.5) is 0 Å². The van der Waals surface area contributed by atoms with E-state index in [9.17, 15) is 8.42 Å². The zero-order chi connectivity index (χ0) is 22.9. The van der Waals surface area contributed by atoms with Crippen molar-refractivity contribution in [2.75, 3.05) is 14.2 Å². The van der Waals surface area contributed by atoms with E-state index >= 15 is 0 Å². The fourth-order valence-corrected chi connectivity index (χ4v) is 5.80. The first-order valence-corrected chi connectivity index (χ1v) is 12.2. The third-order valence-electron chi connectivity index (χ3n) is 5.12. The Hall–Kier alpha value is -2.95. The Balaban J connectivity index is 1.58. The molecule has 3 aromatic heterocycles. The summed E-state index contributed by atoms with van der Waals surface area (Å²) in [6.45, 7) is 4.00. The smallest absolute Gasteiger partial charge is 0.246 e. The summed E-state index contributed by atoms with van der Waals surface area (Å²) in [6.07, 6.45) is 1.53. The van der Waals surface area contributed by atoms with Gasteiger partial charge in [-0.2, -0.15) is 9.40 Å². The fourth-order valence-electron chi connectivity index (χ4n) is 3.49. The number of rotatable bonds is 8. The normalized spacial score (nSPS) is 11.9. The highest BCUT2D eigenvalue weighted by atomic mass is 32.2. The lowest BCUT2D eigenvalue weighted by atomic mass is 10.2. The highest BCUT2D eigenvalue weighted by Crippen LogP contribution is 2.28. The fraction of sp³-hybridized carbons (Fsp3) is 0.273. The number of hydrogen-bond donors (Lipinski definition) is 0. The summed E-state index contributed by atoms with van der Waals surface area (Å²) in [5, 5.41) is 7.32. The van der Waals surface area contributed by atoms with Crippen LogP contribution in [0.25, 0.3) is 10.6 Å². The van der Waals surface area contributed by atoms with E-state index in [-0.39, 0.29) is 11.4 Å². The summed E-state index contributed by atoms with van der Waals surface area (Å²) in [5.41, 5.74) is 2.81. The Morgan fingerprint density at radius 1 is 1.22 bits per heavy atom. The second kappa shape index (κ2) is 8.89. The van der Waals surface area contributed by atoms with Gasteiger partial charge in [0.05, 0.1) is 43.5 Å². The van der Waals surface area contributed by atoms with Gasteiger partial charge in [0.1, 0.15) is 21.4 Å². The molecule has 0 unspecified atom stereocenters. The molecule has 0 saturated carbocycles. The maximum absolute atomic E-state index is 13.2. The molecule has 0 atom stereocenters. The van der Waals surface area contributed by atoms with E-state index in [4.69, 9.17) is 14.1 Å². The van der Waals surface area contributed by atoms with Crippen molar-refractivity contribution in [2.45, 2.75) is 31.8 Å². The number of hydrogen-bond acceptors (Lipinski definition) is 7. The van der Waals surface area contributed by atoms with Crippen molar-refractivity contribution in [3.8, 4) is 16.3 Å². The monoisotopic (exact) mass is 472 g/mol. The standard InChI is InChI=1S/C22H24N4O4S2/c1-15-21(32(27,28)25(3)13-20-9-6-10-30-20)16(2)26(24-15)12-18-14-31-22(23-18)17-7-5-8-19(11-17)29-4/h5-11,14H,12-13H2,1-4H3. The molecule has 1 aromatic carbocycles. The first-order valence-electron chi connectivity index (χ1n) is 9.91. The van der Waals surface area contributed by atoms with Crippen molar-refractivity contribution < 1.29 is 17.6 Å². The number of nitrogens with zero attached hydrogens (tertiary/aromatic N) is 4. The lowest BCUT2D eigenvalue weighted by Crippen LogP contribution is -2.27. The van der Waals surface area contributed by atoms with Crippen LogP contribution in [-0.4, -0.2) is 41.6 Å². The molecular weight excluding hydrogens is 448 g/mol. The maximum Gasteiger partial charge on any atom is 0.246 e. The van der Waals surface area contributed by atoms with Crippen molar-refractivity contribution in [3.05, 3.63) is 70.9 Å². The average molecular weight is 473 g/mol. The molecule has 0 spiro atoms. The van der Waals surface area contributed by atoms with Crippen LogP contribution in [0.2, 0.25) is 0 Å². The summed E-state index contributed by atoms with van der Waals surface area (Å²) >= 11 is 1.53. The van der Waals surface area contributed by atoms with E-state index in [2.05, 4.69) is 5.10 Å². The highest BCUT2D eigenvalue weighted by Gasteiger charge is 2.29. The largest absolute Gasteiger partial charge is 0.497 e. The lowest BCUT2D eigenvalue weighted by molar-refractivity contribution is 0.406. The molecule has 3 heterocycles. The quantitative estimate of drug-likeness (QED) is 0.384. The number of thiazole rings is 1. The van der Waals surface area contributed by atoms with E-state index in [0.29, 0.717) is 23.7 Å². The number of methoxy groups -OCH3 is 1. The molecule has 4 rings (SSSR count). The Kier molecular flexibility index (Phi) is 6.18. The third kappa shape index (κ3) is 4.34. The lowest BCUT2D eigenvalue weighted by Gasteiger charge is -2.16. The predicted octanol–water partition coefficient (Wildman–Crippen LogP) is 4.09. The second-order valence-corrected chi connectivity index (χ2v) is 10.2. The number of benzene rings is 1. The van der Waals surface area contributed by atoms with Gasteiger partial charge in [-0.05, 0) is 38.1 Å². The van der Waals surface area contributed by atoms with E-state index in [1.54, 1.807) is 37.8 Å². The average Bonchev–Trinajstić information content (AvgIpc) is 3.50. The van der Waals surface area contributed by atoms with Crippen molar-refractivity contribution in [3.63, 3.8) is 0 Å². The highest BCUT2D eigenvalue weighted by molar-refractivity contribution is 7.89. The van der Waals surface area contributed by atoms with Gasteiger partial charge in [-0.3, -0.25) is 4.68 Å². The molecule has 0 saturated heterocycles. The Morgan fingerprint density at radius 3 is 2.75 bits per heavy atom. The minimum absolute atomic E-state index is 0.148. The topological polar surface area (TPSA) is 90.5 Å². The van der Waals surface area contributed by atoms with Gasteiger partial charge in [0.25, 0.3) is 0 Å². The van der Waals surface area contributed by atoms with Gasteiger partial charge in [0, 0.05) is 18.0 Å². The molecule has 0 aliphatic heterocycles.